The number of aromatic amines is 1. The van der Waals surface area contributed by atoms with Gasteiger partial charge >= 0.3 is 12.0 Å². The molecule has 0 spiro atoms. The van der Waals surface area contributed by atoms with E-state index in [-0.39, 0.29) is 6.54 Å². The summed E-state index contributed by atoms with van der Waals surface area (Å²) in [6.45, 7) is 1.61. The third-order valence-electron chi connectivity index (χ3n) is 1.69. The molecule has 7 heteroatoms. The number of hydrogen-bond acceptors (Lipinski definition) is 3. The minimum Gasteiger partial charge on any atom is -0.480 e. The Bertz CT molecular complexity index is 336. The molecule has 0 bridgehead atoms. The zero-order chi connectivity index (χ0) is 11.3. The fourth-order valence-electron chi connectivity index (χ4n) is 0.868. The average molecular weight is 212 g/mol. The number of carboxylic acid groups (broad SMARTS) is 1. The predicted octanol–water partition coefficient (Wildman–Crippen LogP) is -0.318. The highest BCUT2D eigenvalue weighted by atomic mass is 16.4. The Labute approximate surface area is 85.9 Å². The van der Waals surface area contributed by atoms with Crippen LogP contribution < -0.4 is 10.6 Å². The van der Waals surface area contributed by atoms with Crippen LogP contribution in [0, 0.1) is 0 Å². The van der Waals surface area contributed by atoms with E-state index in [1.807, 2.05) is 0 Å². The lowest BCUT2D eigenvalue weighted by molar-refractivity contribution is -0.138. The summed E-state index contributed by atoms with van der Waals surface area (Å²) in [6.07, 6.45) is 3.20. The van der Waals surface area contributed by atoms with E-state index >= 15 is 0 Å². The molecule has 0 saturated carbocycles. The first kappa shape index (κ1) is 11.0. The largest absolute Gasteiger partial charge is 0.480 e. The van der Waals surface area contributed by atoms with E-state index in [1.54, 1.807) is 12.4 Å². The Hall–Kier alpha value is -2.05. The zero-order valence-corrected chi connectivity index (χ0v) is 8.15. The van der Waals surface area contributed by atoms with Crippen molar-refractivity contribution >= 4 is 12.0 Å². The highest BCUT2D eigenvalue weighted by Crippen LogP contribution is 1.87. The van der Waals surface area contributed by atoms with Crippen LogP contribution in [0.15, 0.2) is 12.4 Å². The summed E-state index contributed by atoms with van der Waals surface area (Å²) in [6, 6.07) is -1.46. The average Bonchev–Trinajstić information content (AvgIpc) is 2.66. The number of H-pyrrole nitrogens is 1. The highest BCUT2D eigenvalue weighted by molar-refractivity contribution is 5.81. The molecule has 82 valence electrons. The lowest BCUT2D eigenvalue weighted by Gasteiger charge is -2.09. The van der Waals surface area contributed by atoms with Crippen molar-refractivity contribution in [1.82, 2.24) is 20.6 Å². The first-order valence-electron chi connectivity index (χ1n) is 4.35. The van der Waals surface area contributed by atoms with Crippen LogP contribution in [0.3, 0.4) is 0 Å². The van der Waals surface area contributed by atoms with Crippen molar-refractivity contribution in [1.29, 1.82) is 0 Å². The first-order valence-corrected chi connectivity index (χ1v) is 4.35. The number of amides is 2. The maximum atomic E-state index is 11.1. The quantitative estimate of drug-likeness (QED) is 0.548. The van der Waals surface area contributed by atoms with E-state index in [9.17, 15) is 9.59 Å². The van der Waals surface area contributed by atoms with Crippen LogP contribution in [-0.2, 0) is 11.3 Å². The Morgan fingerprint density at radius 2 is 2.40 bits per heavy atom. The third-order valence-corrected chi connectivity index (χ3v) is 1.69. The second kappa shape index (κ2) is 4.99. The summed E-state index contributed by atoms with van der Waals surface area (Å²) >= 11 is 0. The van der Waals surface area contributed by atoms with E-state index in [0.29, 0.717) is 5.82 Å². The molecule has 1 heterocycles. The molecule has 0 saturated heterocycles. The van der Waals surface area contributed by atoms with Gasteiger partial charge in [-0.2, -0.15) is 0 Å². The molecule has 0 fully saturated rings. The van der Waals surface area contributed by atoms with Gasteiger partial charge in [0.15, 0.2) is 0 Å². The van der Waals surface area contributed by atoms with Crippen molar-refractivity contribution in [2.75, 3.05) is 0 Å². The van der Waals surface area contributed by atoms with Crippen LogP contribution in [0.1, 0.15) is 12.7 Å². The van der Waals surface area contributed by atoms with Crippen molar-refractivity contribution in [3.05, 3.63) is 18.2 Å². The summed E-state index contributed by atoms with van der Waals surface area (Å²) in [5.41, 5.74) is 0. The number of rotatable bonds is 4. The van der Waals surface area contributed by atoms with Gasteiger partial charge in [-0.1, -0.05) is 0 Å². The van der Waals surface area contributed by atoms with Gasteiger partial charge in [-0.15, -0.1) is 0 Å². The summed E-state index contributed by atoms with van der Waals surface area (Å²) in [7, 11) is 0. The SMILES string of the molecule is CC(NC(=O)NCc1ncc[nH]1)C(=O)O. The lowest BCUT2D eigenvalue weighted by atomic mass is 10.3. The summed E-state index contributed by atoms with van der Waals surface area (Å²) in [5, 5.41) is 13.2. The molecule has 7 nitrogen and oxygen atoms in total. The molecular formula is C8H12N4O3. The van der Waals surface area contributed by atoms with Crippen molar-refractivity contribution in [2.24, 2.45) is 0 Å². The summed E-state index contributed by atoms with van der Waals surface area (Å²) < 4.78 is 0. The monoisotopic (exact) mass is 212 g/mol. The minimum absolute atomic E-state index is 0.227. The first-order chi connectivity index (χ1) is 7.09. The fourth-order valence-corrected chi connectivity index (χ4v) is 0.868. The van der Waals surface area contributed by atoms with Crippen molar-refractivity contribution < 1.29 is 14.7 Å². The molecule has 0 radical (unpaired) electrons. The number of aromatic nitrogens is 2. The fraction of sp³-hybridized carbons (Fsp3) is 0.375. The van der Waals surface area contributed by atoms with Gasteiger partial charge in [-0.25, -0.2) is 9.78 Å². The number of hydrogen-bond donors (Lipinski definition) is 4. The van der Waals surface area contributed by atoms with Crippen LogP contribution >= 0.6 is 0 Å². The normalized spacial score (nSPS) is 11.8. The number of nitrogens with zero attached hydrogens (tertiary/aromatic N) is 1. The molecule has 1 atom stereocenters. The van der Waals surface area contributed by atoms with Crippen LogP contribution in [-0.4, -0.2) is 33.1 Å². The molecule has 15 heavy (non-hydrogen) atoms. The zero-order valence-electron chi connectivity index (χ0n) is 8.15. The molecule has 0 aromatic carbocycles. The van der Waals surface area contributed by atoms with Crippen molar-refractivity contribution in [3.63, 3.8) is 0 Å². The van der Waals surface area contributed by atoms with Gasteiger partial charge in [0.05, 0.1) is 6.54 Å². The van der Waals surface area contributed by atoms with Gasteiger partial charge in [0, 0.05) is 12.4 Å². The third kappa shape index (κ3) is 3.67. The second-order valence-electron chi connectivity index (χ2n) is 2.92. The maximum absolute atomic E-state index is 11.1. The maximum Gasteiger partial charge on any atom is 0.325 e. The van der Waals surface area contributed by atoms with E-state index < -0.39 is 18.0 Å². The minimum atomic E-state index is -1.08. The van der Waals surface area contributed by atoms with E-state index in [4.69, 9.17) is 5.11 Å². The van der Waals surface area contributed by atoms with Crippen LogP contribution in [0.5, 0.6) is 0 Å². The number of carboxylic acids is 1. The van der Waals surface area contributed by atoms with Crippen LogP contribution in [0.25, 0.3) is 0 Å². The van der Waals surface area contributed by atoms with Gasteiger partial charge in [-0.05, 0) is 6.92 Å². The highest BCUT2D eigenvalue weighted by Gasteiger charge is 2.13. The standard InChI is InChI=1S/C8H12N4O3/c1-5(7(13)14)12-8(15)11-4-6-9-2-3-10-6/h2-3,5H,4H2,1H3,(H,9,10)(H,13,14)(H2,11,12,15). The Kier molecular flexibility index (Phi) is 3.67. The second-order valence-corrected chi connectivity index (χ2v) is 2.92. The topological polar surface area (TPSA) is 107 Å². The van der Waals surface area contributed by atoms with Crippen molar-refractivity contribution in [3.8, 4) is 0 Å². The number of aliphatic carboxylic acids is 1. The number of carbonyl (C=O) groups is 2. The lowest BCUT2D eigenvalue weighted by Crippen LogP contribution is -2.44. The molecule has 1 unspecified atom stereocenters. The summed E-state index contributed by atoms with van der Waals surface area (Å²) in [5.74, 6) is -0.476. The number of imidazole rings is 1. The van der Waals surface area contributed by atoms with Gasteiger partial charge in [0.25, 0.3) is 0 Å². The van der Waals surface area contributed by atoms with Crippen molar-refractivity contribution in [2.45, 2.75) is 19.5 Å². The van der Waals surface area contributed by atoms with Gasteiger partial charge in [0.2, 0.25) is 0 Å². The number of carbonyl (C=O) groups excluding carboxylic acids is 1. The summed E-state index contributed by atoms with van der Waals surface area (Å²) in [4.78, 5) is 28.2. The van der Waals surface area contributed by atoms with Gasteiger partial charge in [0.1, 0.15) is 11.9 Å². The number of urea groups is 1. The molecule has 1 rings (SSSR count). The molecule has 1 aromatic rings. The van der Waals surface area contributed by atoms with E-state index in [1.165, 1.54) is 6.92 Å². The Morgan fingerprint density at radius 1 is 1.67 bits per heavy atom. The van der Waals surface area contributed by atoms with Crippen LogP contribution in [0.2, 0.25) is 0 Å². The smallest absolute Gasteiger partial charge is 0.325 e. The molecule has 0 aliphatic carbocycles. The molecule has 1 aromatic heterocycles. The molecule has 2 amide bonds. The Balaban J connectivity index is 2.28. The molecule has 0 aliphatic rings. The predicted molar refractivity (Wildman–Crippen MR) is 51.1 cm³/mol. The van der Waals surface area contributed by atoms with Gasteiger partial charge in [-0.3, -0.25) is 4.79 Å². The van der Waals surface area contributed by atoms with Gasteiger partial charge < -0.3 is 20.7 Å². The number of nitrogens with one attached hydrogen (secondary N) is 3. The molecule has 0 aliphatic heterocycles. The van der Waals surface area contributed by atoms with Crippen LogP contribution in [0.4, 0.5) is 4.79 Å². The molecular weight excluding hydrogens is 200 g/mol. The Morgan fingerprint density at radius 3 is 2.93 bits per heavy atom. The van der Waals surface area contributed by atoms with E-state index in [0.717, 1.165) is 0 Å². The molecule has 4 N–H and O–H groups in total. The van der Waals surface area contributed by atoms with E-state index in [2.05, 4.69) is 20.6 Å².